The molecule has 0 amide bonds. The normalized spacial score (nSPS) is 24.2. The van der Waals surface area contributed by atoms with Gasteiger partial charge in [-0.15, -0.1) is 0 Å². The summed E-state index contributed by atoms with van der Waals surface area (Å²) in [4.78, 5) is 0. The van der Waals surface area contributed by atoms with Crippen LogP contribution < -0.4 is 15.2 Å². The van der Waals surface area contributed by atoms with Crippen LogP contribution in [0, 0.1) is 5.92 Å². The standard InChI is InChI=1S/C15H23NO3/c1-4-13-12(7-8-19-13)15(16)11-6-5-10(17-2)9-14(11)18-3/h5-6,9,12-13,15H,4,7-8,16H2,1-3H3. The van der Waals surface area contributed by atoms with Gasteiger partial charge in [-0.1, -0.05) is 13.0 Å². The van der Waals surface area contributed by atoms with Gasteiger partial charge in [0.25, 0.3) is 0 Å². The van der Waals surface area contributed by atoms with Gasteiger partial charge in [-0.3, -0.25) is 0 Å². The van der Waals surface area contributed by atoms with Crippen molar-refractivity contribution in [1.82, 2.24) is 0 Å². The molecular formula is C15H23NO3. The number of benzene rings is 1. The SMILES string of the molecule is CCC1OCCC1C(N)c1ccc(OC)cc1OC. The van der Waals surface area contributed by atoms with Crippen molar-refractivity contribution in [2.24, 2.45) is 11.7 Å². The van der Waals surface area contributed by atoms with Crippen LogP contribution in [0.4, 0.5) is 0 Å². The van der Waals surface area contributed by atoms with E-state index in [1.807, 2.05) is 18.2 Å². The van der Waals surface area contributed by atoms with Crippen LogP contribution in [0.2, 0.25) is 0 Å². The van der Waals surface area contributed by atoms with Crippen molar-refractivity contribution in [2.45, 2.75) is 31.9 Å². The van der Waals surface area contributed by atoms with Crippen LogP contribution in [-0.2, 0) is 4.74 Å². The fraction of sp³-hybridized carbons (Fsp3) is 0.600. The van der Waals surface area contributed by atoms with Gasteiger partial charge in [0.1, 0.15) is 11.5 Å². The highest BCUT2D eigenvalue weighted by atomic mass is 16.5. The van der Waals surface area contributed by atoms with Crippen molar-refractivity contribution in [3.8, 4) is 11.5 Å². The van der Waals surface area contributed by atoms with Gasteiger partial charge in [-0.25, -0.2) is 0 Å². The van der Waals surface area contributed by atoms with Gasteiger partial charge < -0.3 is 19.9 Å². The van der Waals surface area contributed by atoms with Crippen LogP contribution in [0.5, 0.6) is 11.5 Å². The van der Waals surface area contributed by atoms with E-state index in [0.717, 1.165) is 36.5 Å². The highest BCUT2D eigenvalue weighted by Gasteiger charge is 2.33. The summed E-state index contributed by atoms with van der Waals surface area (Å²) in [5.74, 6) is 1.92. The lowest BCUT2D eigenvalue weighted by Gasteiger charge is -2.25. The Labute approximate surface area is 114 Å². The van der Waals surface area contributed by atoms with Crippen LogP contribution in [-0.4, -0.2) is 26.9 Å². The number of nitrogens with two attached hydrogens (primary N) is 1. The van der Waals surface area contributed by atoms with E-state index in [1.165, 1.54) is 0 Å². The molecule has 1 heterocycles. The molecule has 0 aromatic heterocycles. The molecule has 1 aromatic carbocycles. The van der Waals surface area contributed by atoms with Crippen molar-refractivity contribution in [3.63, 3.8) is 0 Å². The summed E-state index contributed by atoms with van der Waals surface area (Å²) in [7, 11) is 3.31. The molecule has 1 aliphatic heterocycles. The molecule has 4 nitrogen and oxygen atoms in total. The Morgan fingerprint density at radius 3 is 2.79 bits per heavy atom. The summed E-state index contributed by atoms with van der Waals surface area (Å²) < 4.78 is 16.4. The molecule has 3 unspecified atom stereocenters. The first-order valence-corrected chi connectivity index (χ1v) is 6.80. The zero-order valence-corrected chi connectivity index (χ0v) is 11.9. The maximum absolute atomic E-state index is 6.43. The van der Waals surface area contributed by atoms with Gasteiger partial charge in [-0.2, -0.15) is 0 Å². The Hall–Kier alpha value is -1.26. The van der Waals surface area contributed by atoms with Gasteiger partial charge in [0, 0.05) is 30.2 Å². The van der Waals surface area contributed by atoms with Crippen LogP contribution in [0.25, 0.3) is 0 Å². The minimum Gasteiger partial charge on any atom is -0.497 e. The van der Waals surface area contributed by atoms with Gasteiger partial charge in [0.2, 0.25) is 0 Å². The van der Waals surface area contributed by atoms with Crippen molar-refractivity contribution in [1.29, 1.82) is 0 Å². The Morgan fingerprint density at radius 1 is 1.37 bits per heavy atom. The Kier molecular flexibility index (Phi) is 4.66. The molecule has 0 spiro atoms. The molecule has 1 fully saturated rings. The fourth-order valence-corrected chi connectivity index (χ4v) is 2.82. The van der Waals surface area contributed by atoms with E-state index in [9.17, 15) is 0 Å². The third-order valence-corrected chi connectivity index (χ3v) is 3.92. The Bertz CT molecular complexity index is 422. The number of rotatable bonds is 5. The van der Waals surface area contributed by atoms with E-state index in [0.29, 0.717) is 5.92 Å². The number of methoxy groups -OCH3 is 2. The summed E-state index contributed by atoms with van der Waals surface area (Å²) in [5.41, 5.74) is 7.46. The molecule has 1 saturated heterocycles. The molecule has 1 aromatic rings. The lowest BCUT2D eigenvalue weighted by molar-refractivity contribution is 0.0811. The third kappa shape index (κ3) is 2.85. The predicted octanol–water partition coefficient (Wildman–Crippen LogP) is 2.52. The minimum absolute atomic E-state index is 0.0618. The van der Waals surface area contributed by atoms with Crippen molar-refractivity contribution in [2.75, 3.05) is 20.8 Å². The maximum atomic E-state index is 6.43. The molecule has 4 heteroatoms. The number of hydrogen-bond donors (Lipinski definition) is 1. The Balaban J connectivity index is 2.25. The second kappa shape index (κ2) is 6.26. The maximum Gasteiger partial charge on any atom is 0.127 e. The number of hydrogen-bond acceptors (Lipinski definition) is 4. The van der Waals surface area contributed by atoms with E-state index in [4.69, 9.17) is 19.9 Å². The quantitative estimate of drug-likeness (QED) is 0.888. The summed E-state index contributed by atoms with van der Waals surface area (Å²) in [6, 6.07) is 5.74. The van der Waals surface area contributed by atoms with Crippen molar-refractivity contribution >= 4 is 0 Å². The van der Waals surface area contributed by atoms with Gasteiger partial charge in [0.05, 0.1) is 20.3 Å². The van der Waals surface area contributed by atoms with Gasteiger partial charge >= 0.3 is 0 Å². The van der Waals surface area contributed by atoms with E-state index >= 15 is 0 Å². The molecule has 0 bridgehead atoms. The zero-order valence-electron chi connectivity index (χ0n) is 11.9. The van der Waals surface area contributed by atoms with Crippen molar-refractivity contribution < 1.29 is 14.2 Å². The van der Waals surface area contributed by atoms with Crippen LogP contribution >= 0.6 is 0 Å². The van der Waals surface area contributed by atoms with E-state index < -0.39 is 0 Å². The minimum atomic E-state index is -0.0618. The average molecular weight is 265 g/mol. The smallest absolute Gasteiger partial charge is 0.127 e. The molecule has 106 valence electrons. The van der Waals surface area contributed by atoms with Gasteiger partial charge in [0.15, 0.2) is 0 Å². The lowest BCUT2D eigenvalue weighted by atomic mass is 9.87. The topological polar surface area (TPSA) is 53.7 Å². The van der Waals surface area contributed by atoms with Crippen LogP contribution in [0.3, 0.4) is 0 Å². The predicted molar refractivity (Wildman–Crippen MR) is 74.6 cm³/mol. The molecular weight excluding hydrogens is 242 g/mol. The average Bonchev–Trinajstić information content (AvgIpc) is 2.94. The number of ether oxygens (including phenoxy) is 3. The molecule has 2 rings (SSSR count). The van der Waals surface area contributed by atoms with Crippen molar-refractivity contribution in [3.05, 3.63) is 23.8 Å². The first kappa shape index (κ1) is 14.2. The van der Waals surface area contributed by atoms with Crippen LogP contribution in [0.1, 0.15) is 31.4 Å². The fourth-order valence-electron chi connectivity index (χ4n) is 2.82. The summed E-state index contributed by atoms with van der Waals surface area (Å²) in [6.45, 7) is 2.94. The van der Waals surface area contributed by atoms with Gasteiger partial charge in [-0.05, 0) is 18.9 Å². The van der Waals surface area contributed by atoms with E-state index in [1.54, 1.807) is 14.2 Å². The summed E-state index contributed by atoms with van der Waals surface area (Å²) in [6.07, 6.45) is 2.26. The second-order valence-corrected chi connectivity index (χ2v) is 4.90. The zero-order chi connectivity index (χ0) is 13.8. The molecule has 0 aliphatic carbocycles. The molecule has 0 radical (unpaired) electrons. The van der Waals surface area contributed by atoms with Crippen LogP contribution in [0.15, 0.2) is 18.2 Å². The monoisotopic (exact) mass is 265 g/mol. The summed E-state index contributed by atoms with van der Waals surface area (Å²) >= 11 is 0. The summed E-state index contributed by atoms with van der Waals surface area (Å²) in [5, 5.41) is 0. The second-order valence-electron chi connectivity index (χ2n) is 4.90. The highest BCUT2D eigenvalue weighted by Crippen LogP contribution is 2.38. The highest BCUT2D eigenvalue weighted by molar-refractivity contribution is 5.42. The molecule has 1 aliphatic rings. The largest absolute Gasteiger partial charge is 0.497 e. The first-order valence-electron chi connectivity index (χ1n) is 6.80. The lowest BCUT2D eigenvalue weighted by Crippen LogP contribution is -2.28. The first-order chi connectivity index (χ1) is 9.21. The molecule has 3 atom stereocenters. The van der Waals surface area contributed by atoms with E-state index in [2.05, 4.69) is 6.92 Å². The molecule has 19 heavy (non-hydrogen) atoms. The van der Waals surface area contributed by atoms with E-state index in [-0.39, 0.29) is 12.1 Å². The Morgan fingerprint density at radius 2 is 2.16 bits per heavy atom. The molecule has 2 N–H and O–H groups in total. The molecule has 0 saturated carbocycles. The third-order valence-electron chi connectivity index (χ3n) is 3.92.